The van der Waals surface area contributed by atoms with Crippen molar-refractivity contribution in [1.82, 2.24) is 4.57 Å². The summed E-state index contributed by atoms with van der Waals surface area (Å²) in [7, 11) is 0. The summed E-state index contributed by atoms with van der Waals surface area (Å²) in [5.74, 6) is 0.686. The van der Waals surface area contributed by atoms with Gasteiger partial charge in [0.05, 0.1) is 16.8 Å². The van der Waals surface area contributed by atoms with Crippen molar-refractivity contribution in [2.75, 3.05) is 5.32 Å². The Labute approximate surface area is 181 Å². The average molecular weight is 415 g/mol. The first kappa shape index (κ1) is 19.5. The maximum atomic E-state index is 12.1. The fourth-order valence-electron chi connectivity index (χ4n) is 4.41. The number of aromatic hydroxyl groups is 1. The van der Waals surface area contributed by atoms with Crippen LogP contribution in [0.4, 0.5) is 10.5 Å². The molecule has 1 heterocycles. The number of nitrogens with zero attached hydrogens (tertiary/aromatic N) is 2. The summed E-state index contributed by atoms with van der Waals surface area (Å²) >= 11 is 0. The normalized spacial score (nSPS) is 17.0. The summed E-state index contributed by atoms with van der Waals surface area (Å²) < 4.78 is 7.63. The number of hydrogen-bond acceptors (Lipinski definition) is 4. The molecule has 2 saturated carbocycles. The van der Waals surface area contributed by atoms with E-state index in [0.29, 0.717) is 23.2 Å². The fraction of sp³-hybridized carbons (Fsp3) is 0.360. The van der Waals surface area contributed by atoms with Crippen molar-refractivity contribution in [3.63, 3.8) is 0 Å². The maximum absolute atomic E-state index is 12.1. The molecule has 2 aromatic carbocycles. The molecular weight excluding hydrogens is 390 g/mol. The monoisotopic (exact) mass is 415 g/mol. The van der Waals surface area contributed by atoms with E-state index in [1.165, 1.54) is 0 Å². The van der Waals surface area contributed by atoms with E-state index in [1.54, 1.807) is 12.1 Å². The van der Waals surface area contributed by atoms with E-state index >= 15 is 0 Å². The predicted molar refractivity (Wildman–Crippen MR) is 119 cm³/mol. The quantitative estimate of drug-likeness (QED) is 0.538. The van der Waals surface area contributed by atoms with Crippen LogP contribution in [0.1, 0.15) is 50.6 Å². The van der Waals surface area contributed by atoms with E-state index < -0.39 is 6.09 Å². The van der Waals surface area contributed by atoms with Crippen LogP contribution in [0.15, 0.2) is 42.5 Å². The molecule has 5 rings (SSSR count). The minimum Gasteiger partial charge on any atom is -0.508 e. The molecule has 6 nitrogen and oxygen atoms in total. The molecule has 0 saturated heterocycles. The number of hydrogen-bond donors (Lipinski definition) is 2. The van der Waals surface area contributed by atoms with Gasteiger partial charge in [0.1, 0.15) is 17.9 Å². The number of nitriles is 1. The molecule has 1 unspecified atom stereocenters. The fourth-order valence-corrected chi connectivity index (χ4v) is 4.41. The molecule has 2 N–H and O–H groups in total. The molecule has 1 amide bonds. The van der Waals surface area contributed by atoms with Crippen LogP contribution >= 0.6 is 0 Å². The summed E-state index contributed by atoms with van der Waals surface area (Å²) in [6.45, 7) is 1.93. The van der Waals surface area contributed by atoms with Crippen molar-refractivity contribution in [3.05, 3.63) is 48.0 Å². The van der Waals surface area contributed by atoms with Crippen molar-refractivity contribution in [2.45, 2.75) is 51.2 Å². The number of nitrogens with one attached hydrogen (secondary N) is 1. The third-order valence-corrected chi connectivity index (χ3v) is 6.52. The molecule has 2 fully saturated rings. The minimum absolute atomic E-state index is 0.0629. The van der Waals surface area contributed by atoms with Gasteiger partial charge in [-0.3, -0.25) is 5.32 Å². The first-order valence-corrected chi connectivity index (χ1v) is 10.9. The lowest BCUT2D eigenvalue weighted by atomic mass is 9.92. The van der Waals surface area contributed by atoms with Gasteiger partial charge < -0.3 is 14.4 Å². The Bertz CT molecular complexity index is 1180. The van der Waals surface area contributed by atoms with E-state index in [2.05, 4.69) is 16.0 Å². The first-order chi connectivity index (χ1) is 15.0. The topological polar surface area (TPSA) is 87.3 Å². The van der Waals surface area contributed by atoms with Gasteiger partial charge in [0.25, 0.3) is 0 Å². The zero-order valence-corrected chi connectivity index (χ0v) is 17.5. The van der Waals surface area contributed by atoms with Crippen molar-refractivity contribution in [3.8, 4) is 23.1 Å². The van der Waals surface area contributed by atoms with E-state index in [0.717, 1.165) is 54.3 Å². The van der Waals surface area contributed by atoms with Gasteiger partial charge >= 0.3 is 6.09 Å². The van der Waals surface area contributed by atoms with Gasteiger partial charge in [-0.2, -0.15) is 5.26 Å². The number of fused-ring (bicyclic) bond motifs is 1. The van der Waals surface area contributed by atoms with E-state index in [1.807, 2.05) is 37.3 Å². The van der Waals surface area contributed by atoms with Crippen molar-refractivity contribution < 1.29 is 14.6 Å². The molecule has 158 valence electrons. The van der Waals surface area contributed by atoms with Crippen molar-refractivity contribution in [2.24, 2.45) is 5.92 Å². The lowest BCUT2D eigenvalue weighted by Crippen LogP contribution is -2.21. The van der Waals surface area contributed by atoms with Gasteiger partial charge in [-0.05, 0) is 74.8 Å². The zero-order valence-electron chi connectivity index (χ0n) is 17.5. The van der Waals surface area contributed by atoms with Crippen LogP contribution < -0.4 is 5.32 Å². The number of carbonyl (C=O) groups is 1. The number of benzene rings is 2. The van der Waals surface area contributed by atoms with Crippen LogP contribution in [0.25, 0.3) is 22.2 Å². The van der Waals surface area contributed by atoms with Gasteiger partial charge in [-0.1, -0.05) is 12.1 Å². The Morgan fingerprint density at radius 1 is 1.19 bits per heavy atom. The van der Waals surface area contributed by atoms with Gasteiger partial charge in [0.15, 0.2) is 0 Å². The third kappa shape index (κ3) is 3.61. The second-order valence-corrected chi connectivity index (χ2v) is 8.64. The number of phenols is 1. The number of ether oxygens (including phenoxy) is 1. The Kier molecular flexibility index (Phi) is 4.82. The second-order valence-electron chi connectivity index (χ2n) is 8.64. The van der Waals surface area contributed by atoms with Crippen molar-refractivity contribution in [1.29, 1.82) is 5.26 Å². The standard InChI is InChI=1S/C25H25N3O3/c1-15(16-5-6-16)31-25(30)27-18-9-7-17(8-10-18)24-22(14-26)21-12-11-20(29)13-23(21)28(24)19-3-2-4-19/h7-13,15-16,19,29H,2-6H2,1H3,(H,27,30). The molecule has 1 atom stereocenters. The second kappa shape index (κ2) is 7.66. The summed E-state index contributed by atoms with van der Waals surface area (Å²) in [6.07, 6.45) is 5.02. The first-order valence-electron chi connectivity index (χ1n) is 10.9. The molecule has 2 aliphatic rings. The molecule has 3 aromatic rings. The van der Waals surface area contributed by atoms with Crippen LogP contribution in [-0.4, -0.2) is 21.9 Å². The van der Waals surface area contributed by atoms with Crippen LogP contribution in [0.2, 0.25) is 0 Å². The van der Waals surface area contributed by atoms with E-state index in [-0.39, 0.29) is 11.9 Å². The molecule has 2 aliphatic carbocycles. The highest BCUT2D eigenvalue weighted by Crippen LogP contribution is 2.43. The number of carbonyl (C=O) groups excluding carboxylic acids is 1. The highest BCUT2D eigenvalue weighted by atomic mass is 16.6. The van der Waals surface area contributed by atoms with Gasteiger partial charge in [0, 0.05) is 23.2 Å². The predicted octanol–water partition coefficient (Wildman–Crippen LogP) is 5.96. The van der Waals surface area contributed by atoms with Crippen LogP contribution in [-0.2, 0) is 4.74 Å². The zero-order chi connectivity index (χ0) is 21.5. The summed E-state index contributed by atoms with van der Waals surface area (Å²) in [5, 5.41) is 23.6. The Balaban J connectivity index is 1.47. The molecule has 0 aliphatic heterocycles. The van der Waals surface area contributed by atoms with Crippen LogP contribution in [0.5, 0.6) is 5.75 Å². The van der Waals surface area contributed by atoms with Crippen LogP contribution in [0.3, 0.4) is 0 Å². The molecule has 1 aromatic heterocycles. The SMILES string of the molecule is CC(OC(=O)Nc1ccc(-c2c(C#N)c3ccc(O)cc3n2C2CCC2)cc1)C1CC1. The number of aromatic nitrogens is 1. The summed E-state index contributed by atoms with van der Waals surface area (Å²) in [5.41, 5.74) is 3.92. The highest BCUT2D eigenvalue weighted by molar-refractivity contribution is 5.95. The molecular formula is C25H25N3O3. The third-order valence-electron chi connectivity index (χ3n) is 6.52. The molecule has 0 bridgehead atoms. The van der Waals surface area contributed by atoms with Gasteiger partial charge in [-0.15, -0.1) is 0 Å². The number of anilines is 1. The summed E-state index contributed by atoms with van der Waals surface area (Å²) in [4.78, 5) is 12.1. The Morgan fingerprint density at radius 3 is 2.55 bits per heavy atom. The summed E-state index contributed by atoms with van der Waals surface area (Å²) in [6, 6.07) is 15.4. The van der Waals surface area contributed by atoms with Crippen LogP contribution in [0, 0.1) is 17.2 Å². The molecule has 0 radical (unpaired) electrons. The van der Waals surface area contributed by atoms with Gasteiger partial charge in [-0.25, -0.2) is 4.79 Å². The van der Waals surface area contributed by atoms with E-state index in [9.17, 15) is 15.2 Å². The van der Waals surface area contributed by atoms with Gasteiger partial charge in [0.2, 0.25) is 0 Å². The average Bonchev–Trinajstić information content (AvgIpc) is 3.52. The van der Waals surface area contributed by atoms with Crippen molar-refractivity contribution >= 4 is 22.7 Å². The number of amides is 1. The number of rotatable bonds is 5. The minimum atomic E-state index is -0.441. The molecule has 0 spiro atoms. The van der Waals surface area contributed by atoms with E-state index in [4.69, 9.17) is 4.74 Å². The smallest absolute Gasteiger partial charge is 0.411 e. The lowest BCUT2D eigenvalue weighted by Gasteiger charge is -2.30. The lowest BCUT2D eigenvalue weighted by molar-refractivity contribution is 0.108. The maximum Gasteiger partial charge on any atom is 0.411 e. The molecule has 31 heavy (non-hydrogen) atoms. The molecule has 6 heteroatoms. The highest BCUT2D eigenvalue weighted by Gasteiger charge is 2.31. The Hall–Kier alpha value is -3.46. The largest absolute Gasteiger partial charge is 0.508 e. The Morgan fingerprint density at radius 2 is 1.94 bits per heavy atom. The number of phenolic OH excluding ortho intramolecular Hbond substituents is 1.